The summed E-state index contributed by atoms with van der Waals surface area (Å²) in [4.78, 5) is 23.5. The van der Waals surface area contributed by atoms with Gasteiger partial charge < -0.3 is 15.5 Å². The normalized spacial score (nSPS) is 11.9. The quantitative estimate of drug-likeness (QED) is 0.221. The third kappa shape index (κ3) is 14.6. The smallest absolute Gasteiger partial charge is 0.326 e. The van der Waals surface area contributed by atoms with E-state index in [1.807, 2.05) is 0 Å². The van der Waals surface area contributed by atoms with Crippen LogP contribution in [0.3, 0.4) is 0 Å². The Bertz CT molecular complexity index is 600. The van der Waals surface area contributed by atoms with Gasteiger partial charge in [0.2, 0.25) is 5.91 Å². The second-order valence-electron chi connectivity index (χ2n) is 8.68. The largest absolute Gasteiger partial charge is 0.508 e. The SMILES string of the molecule is CCCCCCCCCCCCCCCCC(=O)N[C@H](Cc1ccc(O)cc1)C(=O)O. The molecule has 0 saturated carbocycles. The number of unbranched alkanes of at least 4 members (excludes halogenated alkanes) is 13. The van der Waals surface area contributed by atoms with Gasteiger partial charge in [-0.15, -0.1) is 0 Å². The number of carbonyl (C=O) groups is 2. The molecule has 5 nitrogen and oxygen atoms in total. The molecule has 0 spiro atoms. The monoisotopic (exact) mass is 433 g/mol. The minimum atomic E-state index is -1.04. The summed E-state index contributed by atoms with van der Waals surface area (Å²) < 4.78 is 0. The van der Waals surface area contributed by atoms with Gasteiger partial charge in [-0.25, -0.2) is 4.79 Å². The van der Waals surface area contributed by atoms with Crippen LogP contribution in [-0.2, 0) is 16.0 Å². The van der Waals surface area contributed by atoms with Crippen molar-refractivity contribution in [2.45, 2.75) is 116 Å². The third-order valence-corrected chi connectivity index (χ3v) is 5.77. The fourth-order valence-electron chi connectivity index (χ4n) is 3.81. The van der Waals surface area contributed by atoms with Gasteiger partial charge in [0, 0.05) is 12.8 Å². The number of carboxylic acid groups (broad SMARTS) is 1. The Morgan fingerprint density at radius 3 is 1.68 bits per heavy atom. The zero-order chi connectivity index (χ0) is 22.7. The molecule has 0 aliphatic heterocycles. The molecule has 0 fully saturated rings. The maximum Gasteiger partial charge on any atom is 0.326 e. The highest BCUT2D eigenvalue weighted by Crippen LogP contribution is 2.14. The van der Waals surface area contributed by atoms with Crippen LogP contribution in [0, 0.1) is 0 Å². The van der Waals surface area contributed by atoms with Crippen LogP contribution in [0.2, 0.25) is 0 Å². The number of hydrogen-bond acceptors (Lipinski definition) is 3. The number of phenols is 1. The molecule has 1 atom stereocenters. The Balaban J connectivity index is 2.01. The minimum Gasteiger partial charge on any atom is -0.508 e. The molecule has 1 amide bonds. The zero-order valence-electron chi connectivity index (χ0n) is 19.4. The number of carboxylic acids is 1. The topological polar surface area (TPSA) is 86.6 Å². The molecule has 31 heavy (non-hydrogen) atoms. The highest BCUT2D eigenvalue weighted by Gasteiger charge is 2.20. The van der Waals surface area contributed by atoms with Crippen molar-refractivity contribution in [2.24, 2.45) is 0 Å². The van der Waals surface area contributed by atoms with Gasteiger partial charge >= 0.3 is 5.97 Å². The number of benzene rings is 1. The molecule has 0 unspecified atom stereocenters. The van der Waals surface area contributed by atoms with Gasteiger partial charge in [0.15, 0.2) is 0 Å². The first-order valence-electron chi connectivity index (χ1n) is 12.3. The van der Waals surface area contributed by atoms with Crippen molar-refractivity contribution in [1.29, 1.82) is 0 Å². The van der Waals surface area contributed by atoms with E-state index in [9.17, 15) is 19.8 Å². The van der Waals surface area contributed by atoms with Gasteiger partial charge in [-0.1, -0.05) is 103 Å². The average Bonchev–Trinajstić information content (AvgIpc) is 2.75. The van der Waals surface area contributed by atoms with Gasteiger partial charge in [0.25, 0.3) is 0 Å². The van der Waals surface area contributed by atoms with E-state index in [4.69, 9.17) is 0 Å². The second-order valence-corrected chi connectivity index (χ2v) is 8.68. The molecule has 0 aromatic heterocycles. The first-order chi connectivity index (χ1) is 15.0. The summed E-state index contributed by atoms with van der Waals surface area (Å²) in [6.45, 7) is 2.25. The molecule has 0 radical (unpaired) electrons. The van der Waals surface area contributed by atoms with Crippen molar-refractivity contribution >= 4 is 11.9 Å². The molecule has 3 N–H and O–H groups in total. The maximum atomic E-state index is 12.1. The Kier molecular flexibility index (Phi) is 15.3. The van der Waals surface area contributed by atoms with Crippen LogP contribution in [0.5, 0.6) is 5.75 Å². The van der Waals surface area contributed by atoms with Gasteiger partial charge in [0.1, 0.15) is 11.8 Å². The fourth-order valence-corrected chi connectivity index (χ4v) is 3.81. The summed E-state index contributed by atoms with van der Waals surface area (Å²) in [6, 6.07) is 5.44. The van der Waals surface area contributed by atoms with Gasteiger partial charge in [0.05, 0.1) is 0 Å². The number of amides is 1. The van der Waals surface area contributed by atoms with Crippen molar-refractivity contribution in [3.63, 3.8) is 0 Å². The van der Waals surface area contributed by atoms with Crippen molar-refractivity contribution in [2.75, 3.05) is 0 Å². The van der Waals surface area contributed by atoms with Gasteiger partial charge in [-0.3, -0.25) is 4.79 Å². The molecule has 0 saturated heterocycles. The lowest BCUT2D eigenvalue weighted by Gasteiger charge is -2.14. The lowest BCUT2D eigenvalue weighted by atomic mass is 10.0. The number of nitrogens with one attached hydrogen (secondary N) is 1. The van der Waals surface area contributed by atoms with E-state index in [0.29, 0.717) is 6.42 Å². The number of aliphatic carboxylic acids is 1. The Morgan fingerprint density at radius 1 is 0.774 bits per heavy atom. The Labute approximate surface area is 188 Å². The van der Waals surface area contributed by atoms with E-state index < -0.39 is 12.0 Å². The summed E-state index contributed by atoms with van der Waals surface area (Å²) in [5.41, 5.74) is 0.766. The van der Waals surface area contributed by atoms with E-state index in [-0.39, 0.29) is 18.1 Å². The van der Waals surface area contributed by atoms with Crippen LogP contribution in [0.4, 0.5) is 0 Å². The number of rotatable bonds is 19. The Morgan fingerprint density at radius 2 is 1.23 bits per heavy atom. The molecule has 1 rings (SSSR count). The van der Waals surface area contributed by atoms with E-state index >= 15 is 0 Å². The van der Waals surface area contributed by atoms with Crippen molar-refractivity contribution in [3.8, 4) is 5.75 Å². The molecule has 5 heteroatoms. The van der Waals surface area contributed by atoms with E-state index in [1.165, 1.54) is 82.8 Å². The van der Waals surface area contributed by atoms with Crippen molar-refractivity contribution in [3.05, 3.63) is 29.8 Å². The predicted molar refractivity (Wildman–Crippen MR) is 126 cm³/mol. The lowest BCUT2D eigenvalue weighted by Crippen LogP contribution is -2.42. The predicted octanol–water partition coefficient (Wildman–Crippen LogP) is 6.38. The van der Waals surface area contributed by atoms with Crippen LogP contribution in [0.15, 0.2) is 24.3 Å². The van der Waals surface area contributed by atoms with Crippen molar-refractivity contribution < 1.29 is 19.8 Å². The fraction of sp³-hybridized carbons (Fsp3) is 0.692. The van der Waals surface area contributed by atoms with Crippen LogP contribution in [0.1, 0.15) is 109 Å². The van der Waals surface area contributed by atoms with Crippen LogP contribution >= 0.6 is 0 Å². The number of phenolic OH excluding ortho intramolecular Hbond substituents is 1. The number of carbonyl (C=O) groups excluding carboxylic acids is 1. The molecular weight excluding hydrogens is 390 g/mol. The van der Waals surface area contributed by atoms with Crippen LogP contribution < -0.4 is 5.32 Å². The molecular formula is C26H43NO4. The molecule has 0 aliphatic rings. The van der Waals surface area contributed by atoms with E-state index in [0.717, 1.165) is 24.8 Å². The third-order valence-electron chi connectivity index (χ3n) is 5.77. The maximum absolute atomic E-state index is 12.1. The molecule has 0 bridgehead atoms. The summed E-state index contributed by atoms with van der Waals surface area (Å²) in [5.74, 6) is -1.11. The Hall–Kier alpha value is -2.04. The molecule has 0 heterocycles. The highest BCUT2D eigenvalue weighted by molar-refractivity contribution is 5.83. The average molecular weight is 434 g/mol. The molecule has 1 aromatic carbocycles. The molecule has 0 aliphatic carbocycles. The first kappa shape index (κ1) is 27.0. The van der Waals surface area contributed by atoms with Crippen LogP contribution in [-0.4, -0.2) is 28.1 Å². The summed E-state index contributed by atoms with van der Waals surface area (Å²) >= 11 is 0. The number of hydrogen-bond donors (Lipinski definition) is 3. The highest BCUT2D eigenvalue weighted by atomic mass is 16.4. The first-order valence-corrected chi connectivity index (χ1v) is 12.3. The molecule has 1 aromatic rings. The number of aromatic hydroxyl groups is 1. The lowest BCUT2D eigenvalue weighted by molar-refractivity contribution is -0.141. The van der Waals surface area contributed by atoms with E-state index in [1.54, 1.807) is 12.1 Å². The van der Waals surface area contributed by atoms with Gasteiger partial charge in [-0.2, -0.15) is 0 Å². The van der Waals surface area contributed by atoms with E-state index in [2.05, 4.69) is 12.2 Å². The summed E-state index contributed by atoms with van der Waals surface area (Å²) in [7, 11) is 0. The summed E-state index contributed by atoms with van der Waals surface area (Å²) in [5, 5.41) is 21.3. The standard InChI is InChI=1S/C26H43NO4/c1-2-3-4-5-6-7-8-9-10-11-12-13-14-15-16-25(29)27-24(26(30)31)21-22-17-19-23(28)20-18-22/h17-20,24,28H,2-16,21H2,1H3,(H,27,29)(H,30,31)/t24-/m1/s1. The van der Waals surface area contributed by atoms with Gasteiger partial charge in [-0.05, 0) is 24.1 Å². The second kappa shape index (κ2) is 17.6. The molecule has 176 valence electrons. The summed E-state index contributed by atoms with van der Waals surface area (Å²) in [6.07, 6.45) is 18.3. The van der Waals surface area contributed by atoms with Crippen LogP contribution in [0.25, 0.3) is 0 Å². The minimum absolute atomic E-state index is 0.137. The van der Waals surface area contributed by atoms with Crippen molar-refractivity contribution in [1.82, 2.24) is 5.32 Å². The zero-order valence-corrected chi connectivity index (χ0v) is 19.4.